The zero-order valence-corrected chi connectivity index (χ0v) is 17.6. The van der Waals surface area contributed by atoms with E-state index in [1.165, 1.54) is 0 Å². The van der Waals surface area contributed by atoms with E-state index in [1.807, 2.05) is 35.2 Å². The molecular formula is C23H28ClN3O. The molecule has 0 bridgehead atoms. The first-order valence-electron chi connectivity index (χ1n) is 9.98. The Morgan fingerprint density at radius 3 is 2.68 bits per heavy atom. The smallest absolute Gasteiger partial charge is 0.254 e. The second-order valence-corrected chi connectivity index (χ2v) is 8.05. The SMILES string of the molecule is CCCCn1c(CN(CC(C)C)C(=O)c2cccc(Cl)c2)nc2ccccc21. The summed E-state index contributed by atoms with van der Waals surface area (Å²) < 4.78 is 2.26. The van der Waals surface area contributed by atoms with Gasteiger partial charge in [-0.05, 0) is 42.7 Å². The summed E-state index contributed by atoms with van der Waals surface area (Å²) in [5.41, 5.74) is 2.73. The number of unbranched alkanes of at least 4 members (excludes halogenated alkanes) is 1. The third-order valence-corrected chi connectivity index (χ3v) is 4.98. The summed E-state index contributed by atoms with van der Waals surface area (Å²) >= 11 is 6.11. The molecule has 0 saturated carbocycles. The number of para-hydroxylation sites is 2. The van der Waals surface area contributed by atoms with Crippen LogP contribution in [-0.4, -0.2) is 26.9 Å². The van der Waals surface area contributed by atoms with Crippen LogP contribution in [0.25, 0.3) is 11.0 Å². The van der Waals surface area contributed by atoms with Crippen molar-refractivity contribution in [2.45, 2.75) is 46.7 Å². The van der Waals surface area contributed by atoms with Crippen molar-refractivity contribution in [3.05, 3.63) is 64.9 Å². The number of fused-ring (bicyclic) bond motifs is 1. The molecule has 4 nitrogen and oxygen atoms in total. The fourth-order valence-electron chi connectivity index (χ4n) is 3.45. The van der Waals surface area contributed by atoms with Crippen LogP contribution in [-0.2, 0) is 13.1 Å². The molecule has 0 aliphatic heterocycles. The average molecular weight is 398 g/mol. The monoisotopic (exact) mass is 397 g/mol. The molecule has 0 aliphatic carbocycles. The van der Waals surface area contributed by atoms with E-state index in [-0.39, 0.29) is 5.91 Å². The molecule has 0 atom stereocenters. The molecule has 1 aromatic heterocycles. The van der Waals surface area contributed by atoms with Gasteiger partial charge in [0, 0.05) is 23.7 Å². The number of amides is 1. The highest BCUT2D eigenvalue weighted by molar-refractivity contribution is 6.30. The largest absolute Gasteiger partial charge is 0.331 e. The Balaban J connectivity index is 1.95. The minimum Gasteiger partial charge on any atom is -0.331 e. The molecule has 0 fully saturated rings. The van der Waals surface area contributed by atoms with Gasteiger partial charge in [-0.3, -0.25) is 4.79 Å². The number of halogens is 1. The van der Waals surface area contributed by atoms with Crippen LogP contribution in [0.2, 0.25) is 5.02 Å². The third-order valence-electron chi connectivity index (χ3n) is 4.75. The summed E-state index contributed by atoms with van der Waals surface area (Å²) in [6.45, 7) is 8.50. The Labute approximate surface area is 172 Å². The number of benzene rings is 2. The van der Waals surface area contributed by atoms with E-state index in [0.29, 0.717) is 29.6 Å². The van der Waals surface area contributed by atoms with Crippen molar-refractivity contribution in [2.24, 2.45) is 5.92 Å². The topological polar surface area (TPSA) is 38.1 Å². The molecule has 3 rings (SSSR count). The lowest BCUT2D eigenvalue weighted by Crippen LogP contribution is -2.34. The van der Waals surface area contributed by atoms with Crippen molar-refractivity contribution >= 4 is 28.5 Å². The van der Waals surface area contributed by atoms with Crippen LogP contribution in [0.3, 0.4) is 0 Å². The van der Waals surface area contributed by atoms with Gasteiger partial charge in [0.2, 0.25) is 0 Å². The molecule has 28 heavy (non-hydrogen) atoms. The fraction of sp³-hybridized carbons (Fsp3) is 0.391. The summed E-state index contributed by atoms with van der Waals surface area (Å²) in [5.74, 6) is 1.28. The van der Waals surface area contributed by atoms with Crippen LogP contribution in [0.1, 0.15) is 49.8 Å². The highest BCUT2D eigenvalue weighted by Gasteiger charge is 2.21. The Morgan fingerprint density at radius 2 is 1.96 bits per heavy atom. The number of rotatable bonds is 8. The van der Waals surface area contributed by atoms with Crippen molar-refractivity contribution in [2.75, 3.05) is 6.54 Å². The van der Waals surface area contributed by atoms with Gasteiger partial charge in [-0.1, -0.05) is 57.0 Å². The molecule has 148 valence electrons. The van der Waals surface area contributed by atoms with Crippen LogP contribution in [0, 0.1) is 5.92 Å². The summed E-state index contributed by atoms with van der Waals surface area (Å²) in [5, 5.41) is 0.575. The highest BCUT2D eigenvalue weighted by Crippen LogP contribution is 2.20. The maximum Gasteiger partial charge on any atom is 0.254 e. The Bertz CT molecular complexity index is 948. The zero-order chi connectivity index (χ0) is 20.1. The molecule has 0 radical (unpaired) electrons. The van der Waals surface area contributed by atoms with Gasteiger partial charge in [-0.2, -0.15) is 0 Å². The van der Waals surface area contributed by atoms with Crippen molar-refractivity contribution in [3.8, 4) is 0 Å². The number of carbonyl (C=O) groups excluding carboxylic acids is 1. The second kappa shape index (κ2) is 9.24. The minimum atomic E-state index is -0.00898. The molecule has 5 heteroatoms. The number of carbonyl (C=O) groups is 1. The lowest BCUT2D eigenvalue weighted by molar-refractivity contribution is 0.0716. The van der Waals surface area contributed by atoms with Crippen LogP contribution in [0.15, 0.2) is 48.5 Å². The van der Waals surface area contributed by atoms with Crippen molar-refractivity contribution < 1.29 is 4.79 Å². The molecule has 2 aromatic carbocycles. The summed E-state index contributed by atoms with van der Waals surface area (Å²) in [4.78, 5) is 19.9. The van der Waals surface area contributed by atoms with E-state index in [2.05, 4.69) is 31.4 Å². The lowest BCUT2D eigenvalue weighted by Gasteiger charge is -2.25. The molecule has 0 unspecified atom stereocenters. The van der Waals surface area contributed by atoms with Gasteiger partial charge < -0.3 is 9.47 Å². The van der Waals surface area contributed by atoms with Crippen molar-refractivity contribution in [1.82, 2.24) is 14.5 Å². The summed E-state index contributed by atoms with van der Waals surface area (Å²) in [6.07, 6.45) is 2.20. The van der Waals surface area contributed by atoms with Gasteiger partial charge >= 0.3 is 0 Å². The molecule has 0 N–H and O–H groups in total. The third kappa shape index (κ3) is 4.74. The number of hydrogen-bond donors (Lipinski definition) is 0. The predicted molar refractivity (Wildman–Crippen MR) is 116 cm³/mol. The number of aryl methyl sites for hydroxylation is 1. The maximum absolute atomic E-state index is 13.2. The van der Waals surface area contributed by atoms with Gasteiger partial charge in [0.1, 0.15) is 5.82 Å². The molecule has 1 heterocycles. The maximum atomic E-state index is 13.2. The molecule has 0 aliphatic rings. The first kappa shape index (κ1) is 20.4. The molecule has 0 saturated heterocycles. The summed E-state index contributed by atoms with van der Waals surface area (Å²) in [7, 11) is 0. The van der Waals surface area contributed by atoms with Crippen molar-refractivity contribution in [1.29, 1.82) is 0 Å². The molecule has 3 aromatic rings. The zero-order valence-electron chi connectivity index (χ0n) is 16.9. The van der Waals surface area contributed by atoms with Gasteiger partial charge in [0.05, 0.1) is 17.6 Å². The second-order valence-electron chi connectivity index (χ2n) is 7.61. The summed E-state index contributed by atoms with van der Waals surface area (Å²) in [6, 6.07) is 15.3. The van der Waals surface area contributed by atoms with E-state index in [0.717, 1.165) is 36.2 Å². The standard InChI is InChI=1S/C23H28ClN3O/c1-4-5-13-27-21-12-7-6-11-20(21)25-22(27)16-26(15-17(2)3)23(28)18-9-8-10-19(24)14-18/h6-12,14,17H,4-5,13,15-16H2,1-3H3. The Hall–Kier alpha value is -2.33. The van der Waals surface area contributed by atoms with E-state index in [9.17, 15) is 4.79 Å². The first-order chi connectivity index (χ1) is 13.5. The molecular weight excluding hydrogens is 370 g/mol. The van der Waals surface area contributed by atoms with Crippen LogP contribution >= 0.6 is 11.6 Å². The van der Waals surface area contributed by atoms with E-state index >= 15 is 0 Å². The van der Waals surface area contributed by atoms with Crippen LogP contribution in [0.5, 0.6) is 0 Å². The van der Waals surface area contributed by atoms with Gasteiger partial charge in [0.15, 0.2) is 0 Å². The van der Waals surface area contributed by atoms with Crippen molar-refractivity contribution in [3.63, 3.8) is 0 Å². The van der Waals surface area contributed by atoms with E-state index in [4.69, 9.17) is 16.6 Å². The van der Waals surface area contributed by atoms with Crippen LogP contribution in [0.4, 0.5) is 0 Å². The van der Waals surface area contributed by atoms with Gasteiger partial charge in [0.25, 0.3) is 5.91 Å². The van der Waals surface area contributed by atoms with Crippen LogP contribution < -0.4 is 0 Å². The number of aromatic nitrogens is 2. The minimum absolute atomic E-state index is 0.00898. The Kier molecular flexibility index (Phi) is 6.74. The Morgan fingerprint density at radius 1 is 1.18 bits per heavy atom. The normalized spacial score (nSPS) is 11.3. The fourth-order valence-corrected chi connectivity index (χ4v) is 3.64. The molecule has 1 amide bonds. The number of nitrogens with zero attached hydrogens (tertiary/aromatic N) is 3. The van der Waals surface area contributed by atoms with E-state index < -0.39 is 0 Å². The molecule has 0 spiro atoms. The number of imidazole rings is 1. The predicted octanol–water partition coefficient (Wildman–Crippen LogP) is 5.79. The average Bonchev–Trinajstić information content (AvgIpc) is 3.02. The van der Waals surface area contributed by atoms with Gasteiger partial charge in [-0.25, -0.2) is 4.98 Å². The highest BCUT2D eigenvalue weighted by atomic mass is 35.5. The van der Waals surface area contributed by atoms with E-state index in [1.54, 1.807) is 12.1 Å². The quantitative estimate of drug-likeness (QED) is 0.482. The lowest BCUT2D eigenvalue weighted by atomic mass is 10.1. The first-order valence-corrected chi connectivity index (χ1v) is 10.4. The number of hydrogen-bond acceptors (Lipinski definition) is 2. The van der Waals surface area contributed by atoms with Gasteiger partial charge in [-0.15, -0.1) is 0 Å².